The van der Waals surface area contributed by atoms with Gasteiger partial charge < -0.3 is 10.5 Å². The van der Waals surface area contributed by atoms with Crippen LogP contribution in [0, 0.1) is 5.92 Å². The Morgan fingerprint density at radius 2 is 1.93 bits per heavy atom. The van der Waals surface area contributed by atoms with E-state index < -0.39 is 0 Å². The molecule has 0 aliphatic heterocycles. The van der Waals surface area contributed by atoms with E-state index in [-0.39, 0.29) is 5.54 Å². The van der Waals surface area contributed by atoms with E-state index in [0.29, 0.717) is 12.5 Å². The lowest BCUT2D eigenvalue weighted by Gasteiger charge is -2.26. The third-order valence-corrected chi connectivity index (χ3v) is 7.76. The molecule has 4 rings (SSSR count). The molecule has 30 heavy (non-hydrogen) atoms. The highest BCUT2D eigenvalue weighted by Crippen LogP contribution is 2.42. The van der Waals surface area contributed by atoms with Crippen molar-refractivity contribution in [1.29, 1.82) is 0 Å². The first kappa shape index (κ1) is 21.6. The number of methoxy groups -OCH3 is 1. The summed E-state index contributed by atoms with van der Waals surface area (Å²) in [6.45, 7) is 2.95. The molecule has 0 heterocycles. The van der Waals surface area contributed by atoms with Crippen molar-refractivity contribution >= 4 is 0 Å². The van der Waals surface area contributed by atoms with Crippen molar-refractivity contribution in [3.05, 3.63) is 70.3 Å². The first-order chi connectivity index (χ1) is 14.6. The summed E-state index contributed by atoms with van der Waals surface area (Å²) >= 11 is 0. The topological polar surface area (TPSA) is 35.2 Å². The van der Waals surface area contributed by atoms with Gasteiger partial charge in [-0.15, -0.1) is 0 Å². The molecular weight excluding hydrogens is 366 g/mol. The smallest absolute Gasteiger partial charge is 0.0713 e. The monoisotopic (exact) mass is 405 g/mol. The zero-order valence-electron chi connectivity index (χ0n) is 19.0. The molecule has 1 saturated carbocycles. The van der Waals surface area contributed by atoms with Gasteiger partial charge in [-0.3, -0.25) is 0 Å². The van der Waals surface area contributed by atoms with Gasteiger partial charge in [-0.2, -0.15) is 0 Å². The average Bonchev–Trinajstić information content (AvgIpc) is 3.17. The van der Waals surface area contributed by atoms with Gasteiger partial charge in [0.15, 0.2) is 0 Å². The lowest BCUT2D eigenvalue weighted by molar-refractivity contribution is 0.185. The van der Waals surface area contributed by atoms with Crippen molar-refractivity contribution < 1.29 is 4.74 Å². The van der Waals surface area contributed by atoms with Crippen molar-refractivity contribution in [2.24, 2.45) is 11.7 Å². The molecule has 2 heteroatoms. The van der Waals surface area contributed by atoms with Crippen molar-refractivity contribution in [2.75, 3.05) is 7.11 Å². The predicted molar refractivity (Wildman–Crippen MR) is 126 cm³/mol. The van der Waals surface area contributed by atoms with Crippen LogP contribution < -0.4 is 5.73 Å². The van der Waals surface area contributed by atoms with Gasteiger partial charge >= 0.3 is 0 Å². The van der Waals surface area contributed by atoms with E-state index in [9.17, 15) is 0 Å². The maximum Gasteiger partial charge on any atom is 0.0713 e. The van der Waals surface area contributed by atoms with Crippen LogP contribution >= 0.6 is 0 Å². The number of aryl methyl sites for hydroxylation is 2. The highest BCUT2D eigenvalue weighted by molar-refractivity contribution is 5.36. The molecule has 2 aromatic carbocycles. The SMILES string of the molecule is CC[C@@]1(N)CC[C@H](c2ccc3c(c2)CC[C@@H](CCCc2cccc(COC)c2)C3)C1. The van der Waals surface area contributed by atoms with Gasteiger partial charge in [0.25, 0.3) is 0 Å². The second-order valence-electron chi connectivity index (χ2n) is 9.94. The predicted octanol–water partition coefficient (Wildman–Crippen LogP) is 6.34. The van der Waals surface area contributed by atoms with E-state index in [0.717, 1.165) is 18.8 Å². The van der Waals surface area contributed by atoms with Crippen molar-refractivity contribution in [3.8, 4) is 0 Å². The molecule has 2 aliphatic carbocycles. The molecule has 0 saturated heterocycles. The molecule has 162 valence electrons. The fourth-order valence-corrected chi connectivity index (χ4v) is 5.75. The molecule has 0 aromatic heterocycles. The zero-order chi connectivity index (χ0) is 21.0. The first-order valence-corrected chi connectivity index (χ1v) is 12.1. The quantitative estimate of drug-likeness (QED) is 0.556. The number of hydrogen-bond acceptors (Lipinski definition) is 2. The fourth-order valence-electron chi connectivity index (χ4n) is 5.75. The summed E-state index contributed by atoms with van der Waals surface area (Å²) in [5, 5.41) is 0. The summed E-state index contributed by atoms with van der Waals surface area (Å²) in [4.78, 5) is 0. The highest BCUT2D eigenvalue weighted by atomic mass is 16.5. The van der Waals surface area contributed by atoms with Crippen LogP contribution in [0.1, 0.15) is 85.6 Å². The molecular formula is C28H39NO. The van der Waals surface area contributed by atoms with Crippen LogP contribution in [0.15, 0.2) is 42.5 Å². The minimum atomic E-state index is 0.0781. The Kier molecular flexibility index (Phi) is 6.95. The summed E-state index contributed by atoms with van der Waals surface area (Å²) in [5.41, 5.74) is 14.1. The minimum Gasteiger partial charge on any atom is -0.380 e. The second-order valence-corrected chi connectivity index (χ2v) is 9.94. The van der Waals surface area contributed by atoms with E-state index in [1.54, 1.807) is 23.8 Å². The second kappa shape index (κ2) is 9.66. The maximum atomic E-state index is 6.55. The fraction of sp³-hybridized carbons (Fsp3) is 0.571. The number of fused-ring (bicyclic) bond motifs is 1. The van der Waals surface area contributed by atoms with E-state index in [4.69, 9.17) is 10.5 Å². The van der Waals surface area contributed by atoms with Crippen molar-refractivity contribution in [3.63, 3.8) is 0 Å². The number of benzene rings is 2. The molecule has 0 bridgehead atoms. The lowest BCUT2D eigenvalue weighted by atomic mass is 9.79. The third kappa shape index (κ3) is 5.15. The van der Waals surface area contributed by atoms with Gasteiger partial charge in [-0.05, 0) is 104 Å². The molecule has 0 radical (unpaired) electrons. The van der Waals surface area contributed by atoms with Crippen LogP contribution in [-0.2, 0) is 30.6 Å². The number of rotatable bonds is 8. The van der Waals surface area contributed by atoms with Gasteiger partial charge in [0.1, 0.15) is 0 Å². The van der Waals surface area contributed by atoms with Crippen LogP contribution in [0.4, 0.5) is 0 Å². The number of hydrogen-bond donors (Lipinski definition) is 1. The van der Waals surface area contributed by atoms with E-state index in [1.807, 2.05) is 0 Å². The molecule has 2 N–H and O–H groups in total. The Hall–Kier alpha value is -1.64. The summed E-state index contributed by atoms with van der Waals surface area (Å²) < 4.78 is 5.27. The molecule has 2 nitrogen and oxygen atoms in total. The Labute approximate surface area is 183 Å². The van der Waals surface area contributed by atoms with Gasteiger partial charge in [-0.25, -0.2) is 0 Å². The van der Waals surface area contributed by atoms with Crippen molar-refractivity contribution in [1.82, 2.24) is 0 Å². The molecule has 2 aliphatic rings. The van der Waals surface area contributed by atoms with Crippen molar-refractivity contribution in [2.45, 2.75) is 89.2 Å². The van der Waals surface area contributed by atoms with E-state index in [1.165, 1.54) is 62.5 Å². The normalized spacial score (nSPS) is 26.0. The molecule has 2 aromatic rings. The molecule has 1 fully saturated rings. The molecule has 0 spiro atoms. The zero-order valence-corrected chi connectivity index (χ0v) is 19.0. The summed E-state index contributed by atoms with van der Waals surface area (Å²) in [5.74, 6) is 1.51. The average molecular weight is 406 g/mol. The Morgan fingerprint density at radius 3 is 2.73 bits per heavy atom. The van der Waals surface area contributed by atoms with Crippen LogP contribution in [-0.4, -0.2) is 12.6 Å². The Bertz CT molecular complexity index is 844. The minimum absolute atomic E-state index is 0.0781. The van der Waals surface area contributed by atoms with Gasteiger partial charge in [-0.1, -0.05) is 49.4 Å². The highest BCUT2D eigenvalue weighted by Gasteiger charge is 2.35. The number of nitrogens with two attached hydrogens (primary N) is 1. The standard InChI is InChI=1S/C28H39NO/c1-3-28(29)15-14-27(19-28)26-13-12-24-17-22(10-11-25(24)18-26)8-4-6-21-7-5-9-23(16-21)20-30-2/h5,7,9,12-13,16,18,22,27H,3-4,6,8,10-11,14-15,17,19-20,29H2,1-2H3/t22-,27+,28-/m1/s1. The summed E-state index contributed by atoms with van der Waals surface area (Å²) in [7, 11) is 1.76. The van der Waals surface area contributed by atoms with E-state index in [2.05, 4.69) is 49.4 Å². The van der Waals surface area contributed by atoms with Crippen LogP contribution in [0.2, 0.25) is 0 Å². The Balaban J connectivity index is 1.29. The van der Waals surface area contributed by atoms with Crippen LogP contribution in [0.3, 0.4) is 0 Å². The van der Waals surface area contributed by atoms with Gasteiger partial charge in [0, 0.05) is 12.6 Å². The van der Waals surface area contributed by atoms with Gasteiger partial charge in [0.05, 0.1) is 6.61 Å². The summed E-state index contributed by atoms with van der Waals surface area (Å²) in [6, 6.07) is 16.3. The largest absolute Gasteiger partial charge is 0.380 e. The molecule has 3 atom stereocenters. The summed E-state index contributed by atoms with van der Waals surface area (Å²) in [6.07, 6.45) is 12.4. The number of ether oxygens (including phenoxy) is 1. The molecule has 0 unspecified atom stereocenters. The first-order valence-electron chi connectivity index (χ1n) is 12.1. The van der Waals surface area contributed by atoms with Crippen LogP contribution in [0.5, 0.6) is 0 Å². The molecule has 0 amide bonds. The van der Waals surface area contributed by atoms with Crippen LogP contribution in [0.25, 0.3) is 0 Å². The lowest BCUT2D eigenvalue weighted by Crippen LogP contribution is -2.35. The van der Waals surface area contributed by atoms with E-state index >= 15 is 0 Å². The third-order valence-electron chi connectivity index (χ3n) is 7.76. The Morgan fingerprint density at radius 1 is 1.07 bits per heavy atom. The van der Waals surface area contributed by atoms with Gasteiger partial charge in [0.2, 0.25) is 0 Å². The maximum absolute atomic E-state index is 6.55.